The van der Waals surface area contributed by atoms with Gasteiger partial charge in [0.05, 0.1) is 0 Å². The number of benzene rings is 2. The van der Waals surface area contributed by atoms with Crippen LogP contribution in [0.3, 0.4) is 0 Å². The van der Waals surface area contributed by atoms with Crippen molar-refractivity contribution >= 4 is 21.4 Å². The Morgan fingerprint density at radius 2 is 1.80 bits per heavy atom. The summed E-state index contributed by atoms with van der Waals surface area (Å²) in [5.74, 6) is -1.07. The standard InChI is InChI=1S/C25H29F2N3O3S2/c1-28(19-23-6-3-15-34-23)18-20-4-2-5-22(16-20)33-14-13-29-9-11-30(12-10-29)35(31,32)25-8-7-21(26)17-24(25)27/h2-8,15-17H,9-14,18-19H2,1H3. The molecule has 1 saturated heterocycles. The molecule has 0 spiro atoms. The van der Waals surface area contributed by atoms with Crippen LogP contribution in [0.2, 0.25) is 0 Å². The molecule has 0 N–H and O–H groups in total. The van der Waals surface area contributed by atoms with Crippen LogP contribution in [0.15, 0.2) is 64.9 Å². The van der Waals surface area contributed by atoms with Gasteiger partial charge in [-0.25, -0.2) is 17.2 Å². The zero-order chi connectivity index (χ0) is 24.8. The van der Waals surface area contributed by atoms with Gasteiger partial charge in [-0.15, -0.1) is 11.3 Å². The fourth-order valence-electron chi connectivity index (χ4n) is 4.08. The summed E-state index contributed by atoms with van der Waals surface area (Å²) in [6, 6.07) is 14.8. The smallest absolute Gasteiger partial charge is 0.246 e. The average Bonchev–Trinajstić information content (AvgIpc) is 3.32. The second kappa shape index (κ2) is 11.6. The molecule has 0 radical (unpaired) electrons. The summed E-state index contributed by atoms with van der Waals surface area (Å²) in [7, 11) is -1.90. The lowest BCUT2D eigenvalue weighted by atomic mass is 10.2. The number of thiophene rings is 1. The molecular formula is C25H29F2N3O3S2. The molecule has 3 aromatic rings. The molecular weight excluding hydrogens is 492 g/mol. The van der Waals surface area contributed by atoms with Gasteiger partial charge in [-0.3, -0.25) is 9.80 Å². The van der Waals surface area contributed by atoms with Gasteiger partial charge in [-0.1, -0.05) is 18.2 Å². The van der Waals surface area contributed by atoms with E-state index in [4.69, 9.17) is 4.74 Å². The highest BCUT2D eigenvalue weighted by Crippen LogP contribution is 2.22. The zero-order valence-electron chi connectivity index (χ0n) is 19.6. The summed E-state index contributed by atoms with van der Waals surface area (Å²) in [4.78, 5) is 5.22. The van der Waals surface area contributed by atoms with E-state index < -0.39 is 26.6 Å². The first-order valence-corrected chi connectivity index (χ1v) is 13.7. The largest absolute Gasteiger partial charge is 0.492 e. The summed E-state index contributed by atoms with van der Waals surface area (Å²) in [5.41, 5.74) is 1.17. The first-order valence-electron chi connectivity index (χ1n) is 11.4. The molecule has 0 unspecified atom stereocenters. The summed E-state index contributed by atoms with van der Waals surface area (Å²) < 4.78 is 59.8. The Morgan fingerprint density at radius 3 is 2.51 bits per heavy atom. The summed E-state index contributed by atoms with van der Waals surface area (Å²) in [6.07, 6.45) is 0. The quantitative estimate of drug-likeness (QED) is 0.403. The fraction of sp³-hybridized carbons (Fsp3) is 0.360. The fourth-order valence-corrected chi connectivity index (χ4v) is 6.33. The molecule has 35 heavy (non-hydrogen) atoms. The van der Waals surface area contributed by atoms with Crippen molar-refractivity contribution in [3.8, 4) is 5.75 Å². The maximum absolute atomic E-state index is 14.0. The van der Waals surface area contributed by atoms with E-state index in [1.54, 1.807) is 11.3 Å². The van der Waals surface area contributed by atoms with Gasteiger partial charge in [0, 0.05) is 56.8 Å². The Bertz CT molecular complexity index is 1210. The van der Waals surface area contributed by atoms with Crippen molar-refractivity contribution in [2.75, 3.05) is 46.4 Å². The van der Waals surface area contributed by atoms with E-state index in [0.717, 1.165) is 31.0 Å². The minimum atomic E-state index is -4.00. The number of nitrogens with zero attached hydrogens (tertiary/aromatic N) is 3. The van der Waals surface area contributed by atoms with E-state index in [9.17, 15) is 17.2 Å². The molecule has 1 aliphatic heterocycles. The van der Waals surface area contributed by atoms with Crippen LogP contribution in [0.5, 0.6) is 5.75 Å². The van der Waals surface area contributed by atoms with Crippen molar-refractivity contribution < 1.29 is 21.9 Å². The van der Waals surface area contributed by atoms with Gasteiger partial charge in [-0.2, -0.15) is 4.31 Å². The van der Waals surface area contributed by atoms with Gasteiger partial charge in [-0.05, 0) is 48.3 Å². The van der Waals surface area contributed by atoms with Crippen LogP contribution in [0.1, 0.15) is 10.4 Å². The number of piperazine rings is 1. The van der Waals surface area contributed by atoms with Gasteiger partial charge in [0.2, 0.25) is 10.0 Å². The highest BCUT2D eigenvalue weighted by molar-refractivity contribution is 7.89. The highest BCUT2D eigenvalue weighted by Gasteiger charge is 2.30. The third-order valence-corrected chi connectivity index (χ3v) is 8.67. The van der Waals surface area contributed by atoms with Crippen LogP contribution in [-0.2, 0) is 23.1 Å². The lowest BCUT2D eigenvalue weighted by Gasteiger charge is -2.33. The molecule has 0 aliphatic carbocycles. The molecule has 188 valence electrons. The average molecular weight is 522 g/mol. The van der Waals surface area contributed by atoms with E-state index in [1.807, 2.05) is 18.2 Å². The summed E-state index contributed by atoms with van der Waals surface area (Å²) in [5, 5.41) is 2.09. The predicted octanol–water partition coefficient (Wildman–Crippen LogP) is 4.04. The number of halogens is 2. The van der Waals surface area contributed by atoms with Crippen LogP contribution in [0, 0.1) is 11.6 Å². The zero-order valence-corrected chi connectivity index (χ0v) is 21.2. The molecule has 10 heteroatoms. The third kappa shape index (κ3) is 6.86. The summed E-state index contributed by atoms with van der Waals surface area (Å²) in [6.45, 7) is 4.36. The van der Waals surface area contributed by atoms with Crippen LogP contribution >= 0.6 is 11.3 Å². The van der Waals surface area contributed by atoms with Crippen molar-refractivity contribution in [2.24, 2.45) is 0 Å². The highest BCUT2D eigenvalue weighted by atomic mass is 32.2. The van der Waals surface area contributed by atoms with Crippen LogP contribution in [-0.4, -0.2) is 68.9 Å². The molecule has 0 saturated carbocycles. The Morgan fingerprint density at radius 1 is 1.00 bits per heavy atom. The molecule has 2 aromatic carbocycles. The molecule has 4 rings (SSSR count). The monoisotopic (exact) mass is 521 g/mol. The van der Waals surface area contributed by atoms with Crippen molar-refractivity contribution in [1.29, 1.82) is 0 Å². The molecule has 1 fully saturated rings. The first kappa shape index (κ1) is 25.7. The van der Waals surface area contributed by atoms with Crippen molar-refractivity contribution in [2.45, 2.75) is 18.0 Å². The number of sulfonamides is 1. The van der Waals surface area contributed by atoms with Gasteiger partial charge in [0.25, 0.3) is 0 Å². The predicted molar refractivity (Wildman–Crippen MR) is 133 cm³/mol. The van der Waals surface area contributed by atoms with Crippen LogP contribution in [0.25, 0.3) is 0 Å². The number of hydrogen-bond donors (Lipinski definition) is 0. The molecule has 6 nitrogen and oxygen atoms in total. The molecule has 1 aliphatic rings. The minimum absolute atomic E-state index is 0.241. The van der Waals surface area contributed by atoms with Crippen molar-refractivity contribution in [3.63, 3.8) is 0 Å². The molecule has 0 atom stereocenters. The number of rotatable bonds is 10. The van der Waals surface area contributed by atoms with Crippen molar-refractivity contribution in [3.05, 3.63) is 82.1 Å². The van der Waals surface area contributed by atoms with Crippen LogP contribution in [0.4, 0.5) is 8.78 Å². The first-order chi connectivity index (χ1) is 16.8. The number of ether oxygens (including phenoxy) is 1. The Balaban J connectivity index is 1.23. The second-order valence-electron chi connectivity index (χ2n) is 8.57. The SMILES string of the molecule is CN(Cc1cccc(OCCN2CCN(S(=O)(=O)c3ccc(F)cc3F)CC2)c1)Cc1cccs1. The maximum Gasteiger partial charge on any atom is 0.246 e. The minimum Gasteiger partial charge on any atom is -0.492 e. The second-order valence-corrected chi connectivity index (χ2v) is 11.5. The normalized spacial score (nSPS) is 15.5. The van der Waals surface area contributed by atoms with Crippen molar-refractivity contribution in [1.82, 2.24) is 14.1 Å². The van der Waals surface area contributed by atoms with E-state index in [1.165, 1.54) is 14.7 Å². The van der Waals surface area contributed by atoms with E-state index >= 15 is 0 Å². The van der Waals surface area contributed by atoms with E-state index in [2.05, 4.69) is 40.4 Å². The summed E-state index contributed by atoms with van der Waals surface area (Å²) >= 11 is 1.75. The molecule has 2 heterocycles. The molecule has 0 bridgehead atoms. The molecule has 1 aromatic heterocycles. The van der Waals surface area contributed by atoms with Gasteiger partial charge < -0.3 is 4.74 Å². The van der Waals surface area contributed by atoms with Gasteiger partial charge in [0.15, 0.2) is 0 Å². The maximum atomic E-state index is 14.0. The lowest BCUT2D eigenvalue weighted by Crippen LogP contribution is -2.49. The third-order valence-electron chi connectivity index (χ3n) is 5.88. The lowest BCUT2D eigenvalue weighted by molar-refractivity contribution is 0.158. The Labute approximate surface area is 209 Å². The Kier molecular flexibility index (Phi) is 8.51. The topological polar surface area (TPSA) is 53.1 Å². The molecule has 0 amide bonds. The van der Waals surface area contributed by atoms with E-state index in [0.29, 0.717) is 32.3 Å². The van der Waals surface area contributed by atoms with E-state index in [-0.39, 0.29) is 13.1 Å². The Hall–Kier alpha value is -2.37. The van der Waals surface area contributed by atoms with Gasteiger partial charge >= 0.3 is 0 Å². The van der Waals surface area contributed by atoms with Crippen LogP contribution < -0.4 is 4.74 Å². The van der Waals surface area contributed by atoms with Gasteiger partial charge in [0.1, 0.15) is 28.9 Å². The number of hydrogen-bond acceptors (Lipinski definition) is 6.